The van der Waals surface area contributed by atoms with Gasteiger partial charge < -0.3 is 4.98 Å². The molecule has 0 atom stereocenters. The average Bonchev–Trinajstić information content (AvgIpc) is 3.04. The molecular weight excluding hydrogens is 433 g/mol. The summed E-state index contributed by atoms with van der Waals surface area (Å²) in [6.07, 6.45) is 0. The molecule has 0 fully saturated rings. The molecule has 0 radical (unpaired) electrons. The van der Waals surface area contributed by atoms with E-state index >= 15 is 0 Å². The fourth-order valence-electron chi connectivity index (χ4n) is 2.77. The minimum Gasteiger partial charge on any atom is -0.348 e. The third-order valence-corrected chi connectivity index (χ3v) is 5.96. The van der Waals surface area contributed by atoms with Crippen LogP contribution in [-0.2, 0) is 5.75 Å². The normalized spacial score (nSPS) is 11.5. The van der Waals surface area contributed by atoms with Crippen molar-refractivity contribution < 1.29 is 0 Å². The number of thioether (sulfide) groups is 1. The number of azo groups is 1. The van der Waals surface area contributed by atoms with E-state index in [0.29, 0.717) is 20.8 Å². The molecule has 4 rings (SSSR count). The van der Waals surface area contributed by atoms with Gasteiger partial charge in [0.2, 0.25) is 0 Å². The smallest absolute Gasteiger partial charge is 0.125 e. The summed E-state index contributed by atoms with van der Waals surface area (Å²) >= 11 is 20.1. The molecule has 7 heteroatoms. The monoisotopic (exact) mass is 445 g/mol. The second-order valence-corrected chi connectivity index (χ2v) is 8.28. The lowest BCUT2D eigenvalue weighted by Gasteiger charge is -2.03. The molecule has 28 heavy (non-hydrogen) atoms. The maximum Gasteiger partial charge on any atom is 0.125 e. The second-order valence-electron chi connectivity index (χ2n) is 6.04. The molecule has 0 aliphatic carbocycles. The van der Waals surface area contributed by atoms with Crippen LogP contribution < -0.4 is 0 Å². The minimum atomic E-state index is 0.361. The van der Waals surface area contributed by atoms with Crippen LogP contribution in [0.15, 0.2) is 82.0 Å². The highest BCUT2D eigenvalue weighted by Crippen LogP contribution is 2.41. The standard InChI is InChI=1S/C21H14Cl3N3S/c22-14-10-16(23)20(17(24)11-14)27-26-19-15-8-4-5-9-18(15)25-21(19)28-12-13-6-2-1-3-7-13/h1-11,25H,12H2. The van der Waals surface area contributed by atoms with Gasteiger partial charge in [0.1, 0.15) is 16.4 Å². The van der Waals surface area contributed by atoms with Crippen LogP contribution >= 0.6 is 46.6 Å². The Morgan fingerprint density at radius 2 is 1.43 bits per heavy atom. The van der Waals surface area contributed by atoms with Crippen molar-refractivity contribution in [3.05, 3.63) is 87.4 Å². The van der Waals surface area contributed by atoms with E-state index in [1.807, 2.05) is 42.5 Å². The SMILES string of the molecule is Clc1cc(Cl)c(N=Nc2c(SCc3ccccc3)[nH]c3ccccc23)c(Cl)c1. The zero-order chi connectivity index (χ0) is 19.5. The van der Waals surface area contributed by atoms with Gasteiger partial charge in [-0.3, -0.25) is 0 Å². The van der Waals surface area contributed by atoms with Crippen molar-refractivity contribution in [1.29, 1.82) is 0 Å². The molecule has 140 valence electrons. The average molecular weight is 447 g/mol. The number of hydrogen-bond donors (Lipinski definition) is 1. The first-order valence-electron chi connectivity index (χ1n) is 8.45. The molecule has 0 saturated heterocycles. The zero-order valence-electron chi connectivity index (χ0n) is 14.5. The van der Waals surface area contributed by atoms with Crippen molar-refractivity contribution in [3.63, 3.8) is 0 Å². The molecule has 1 aromatic heterocycles. The maximum absolute atomic E-state index is 6.24. The minimum absolute atomic E-state index is 0.361. The number of aromatic nitrogens is 1. The Labute approximate surface area is 181 Å². The van der Waals surface area contributed by atoms with Gasteiger partial charge in [-0.05, 0) is 23.8 Å². The molecule has 0 aliphatic heterocycles. The number of para-hydroxylation sites is 1. The number of halogens is 3. The van der Waals surface area contributed by atoms with Crippen molar-refractivity contribution in [2.75, 3.05) is 0 Å². The number of H-pyrrole nitrogens is 1. The fourth-order valence-corrected chi connectivity index (χ4v) is 4.63. The Morgan fingerprint density at radius 1 is 0.786 bits per heavy atom. The molecule has 0 amide bonds. The first-order chi connectivity index (χ1) is 13.6. The summed E-state index contributed by atoms with van der Waals surface area (Å²) in [4.78, 5) is 3.43. The Bertz CT molecular complexity index is 1130. The molecule has 0 unspecified atom stereocenters. The lowest BCUT2D eigenvalue weighted by atomic mass is 10.2. The van der Waals surface area contributed by atoms with Crippen molar-refractivity contribution in [1.82, 2.24) is 4.98 Å². The van der Waals surface area contributed by atoms with E-state index in [0.717, 1.165) is 27.4 Å². The largest absolute Gasteiger partial charge is 0.348 e. The molecule has 4 aromatic rings. The highest BCUT2D eigenvalue weighted by Gasteiger charge is 2.13. The summed E-state index contributed by atoms with van der Waals surface area (Å²) in [6, 6.07) is 21.5. The first-order valence-corrected chi connectivity index (χ1v) is 10.6. The topological polar surface area (TPSA) is 40.5 Å². The highest BCUT2D eigenvalue weighted by molar-refractivity contribution is 7.98. The van der Waals surface area contributed by atoms with Crippen LogP contribution in [0, 0.1) is 0 Å². The van der Waals surface area contributed by atoms with Gasteiger partial charge in [0.15, 0.2) is 0 Å². The van der Waals surface area contributed by atoms with Crippen LogP contribution in [0.3, 0.4) is 0 Å². The summed E-state index contributed by atoms with van der Waals surface area (Å²) in [7, 11) is 0. The molecule has 0 saturated carbocycles. The van der Waals surface area contributed by atoms with E-state index < -0.39 is 0 Å². The summed E-state index contributed by atoms with van der Waals surface area (Å²) in [5.74, 6) is 0.818. The van der Waals surface area contributed by atoms with E-state index in [9.17, 15) is 0 Å². The highest BCUT2D eigenvalue weighted by atomic mass is 35.5. The third kappa shape index (κ3) is 4.20. The van der Waals surface area contributed by atoms with E-state index in [4.69, 9.17) is 34.8 Å². The van der Waals surface area contributed by atoms with Gasteiger partial charge in [-0.25, -0.2) is 0 Å². The van der Waals surface area contributed by atoms with Crippen molar-refractivity contribution >= 4 is 68.8 Å². The number of hydrogen-bond acceptors (Lipinski definition) is 3. The van der Waals surface area contributed by atoms with Crippen LogP contribution in [0.5, 0.6) is 0 Å². The van der Waals surface area contributed by atoms with Crippen LogP contribution in [0.4, 0.5) is 11.4 Å². The quantitative estimate of drug-likeness (QED) is 0.241. The van der Waals surface area contributed by atoms with Crippen molar-refractivity contribution in [2.24, 2.45) is 10.2 Å². The van der Waals surface area contributed by atoms with Gasteiger partial charge in [0, 0.05) is 21.7 Å². The Morgan fingerprint density at radius 3 is 2.18 bits per heavy atom. The van der Waals surface area contributed by atoms with Gasteiger partial charge in [-0.1, -0.05) is 83.3 Å². The van der Waals surface area contributed by atoms with E-state index in [2.05, 4.69) is 27.3 Å². The lowest BCUT2D eigenvalue weighted by molar-refractivity contribution is 1.15. The number of nitrogens with zero attached hydrogens (tertiary/aromatic N) is 2. The van der Waals surface area contributed by atoms with Crippen LogP contribution in [0.1, 0.15) is 5.56 Å². The molecule has 1 N–H and O–H groups in total. The molecule has 0 bridgehead atoms. The van der Waals surface area contributed by atoms with Crippen LogP contribution in [0.2, 0.25) is 15.1 Å². The number of benzene rings is 3. The maximum atomic E-state index is 6.24. The first kappa shape index (κ1) is 19.3. The summed E-state index contributed by atoms with van der Waals surface area (Å²) in [5.41, 5.74) is 3.40. The van der Waals surface area contributed by atoms with Crippen molar-refractivity contribution in [3.8, 4) is 0 Å². The molecular formula is C21H14Cl3N3S. The van der Waals surface area contributed by atoms with Crippen LogP contribution in [0.25, 0.3) is 10.9 Å². The van der Waals surface area contributed by atoms with Gasteiger partial charge >= 0.3 is 0 Å². The van der Waals surface area contributed by atoms with Gasteiger partial charge in [-0.2, -0.15) is 0 Å². The zero-order valence-corrected chi connectivity index (χ0v) is 17.6. The third-order valence-electron chi connectivity index (χ3n) is 4.10. The summed E-state index contributed by atoms with van der Waals surface area (Å²) in [6.45, 7) is 0. The number of nitrogens with one attached hydrogen (secondary N) is 1. The van der Waals surface area contributed by atoms with E-state index in [-0.39, 0.29) is 0 Å². The lowest BCUT2D eigenvalue weighted by Crippen LogP contribution is -1.79. The molecule has 0 aliphatic rings. The van der Waals surface area contributed by atoms with Crippen LogP contribution in [-0.4, -0.2) is 4.98 Å². The molecule has 3 nitrogen and oxygen atoms in total. The Hall–Kier alpha value is -1.98. The molecule has 1 heterocycles. The summed E-state index contributed by atoms with van der Waals surface area (Å²) in [5, 5.41) is 11.9. The van der Waals surface area contributed by atoms with Gasteiger partial charge in [0.25, 0.3) is 0 Å². The molecule has 0 spiro atoms. The Balaban J connectivity index is 1.71. The van der Waals surface area contributed by atoms with E-state index in [1.165, 1.54) is 5.56 Å². The number of aromatic amines is 1. The van der Waals surface area contributed by atoms with Gasteiger partial charge in [-0.15, -0.1) is 22.0 Å². The second kappa shape index (κ2) is 8.58. The molecule has 3 aromatic carbocycles. The fraction of sp³-hybridized carbons (Fsp3) is 0.0476. The Kier molecular flexibility index (Phi) is 5.93. The summed E-state index contributed by atoms with van der Waals surface area (Å²) < 4.78 is 0. The predicted octanol–water partition coefficient (Wildman–Crippen LogP) is 8.84. The number of fused-ring (bicyclic) bond motifs is 1. The van der Waals surface area contributed by atoms with E-state index in [1.54, 1.807) is 23.9 Å². The van der Waals surface area contributed by atoms with Crippen molar-refractivity contribution in [2.45, 2.75) is 10.8 Å². The predicted molar refractivity (Wildman–Crippen MR) is 120 cm³/mol. The van der Waals surface area contributed by atoms with Gasteiger partial charge in [0.05, 0.1) is 10.0 Å². The number of rotatable bonds is 5.